The molecule has 8 heteroatoms. The number of imidazole rings is 1. The zero-order valence-electron chi connectivity index (χ0n) is 22.1. The van der Waals surface area contributed by atoms with E-state index in [0.29, 0.717) is 16.8 Å². The molecular weight excluding hydrogens is 488 g/mol. The van der Waals surface area contributed by atoms with Crippen LogP contribution in [0.25, 0.3) is 28.2 Å². The molecular formula is C31H32N6O2. The van der Waals surface area contributed by atoms with E-state index in [1.165, 1.54) is 11.6 Å². The van der Waals surface area contributed by atoms with Gasteiger partial charge in [0.25, 0.3) is 5.91 Å². The van der Waals surface area contributed by atoms with Gasteiger partial charge in [0.2, 0.25) is 5.91 Å². The van der Waals surface area contributed by atoms with Gasteiger partial charge in [0.1, 0.15) is 11.4 Å². The molecule has 2 aromatic carbocycles. The average molecular weight is 521 g/mol. The fourth-order valence-electron chi connectivity index (χ4n) is 5.93. The Morgan fingerprint density at radius 1 is 0.974 bits per heavy atom. The van der Waals surface area contributed by atoms with E-state index >= 15 is 0 Å². The maximum Gasteiger partial charge on any atom is 0.271 e. The number of carbonyl (C=O) groups excluding carboxylic acids is 2. The normalized spacial score (nSPS) is 16.7. The summed E-state index contributed by atoms with van der Waals surface area (Å²) in [4.78, 5) is 33.5. The summed E-state index contributed by atoms with van der Waals surface area (Å²) in [5.74, 6) is -0.191. The van der Waals surface area contributed by atoms with E-state index in [2.05, 4.69) is 46.2 Å². The standard InChI is InChI=1S/C31H32N6O2/c1-3-27(38)36-17-15-31(16-18-36)20-35(21-31)19-22-9-11-23(12-10-22)28-29(24-7-5-4-6-8-24)37-26(33-28)14-13-25(34-37)30(39)32-2/h3-14H,1,15-21H2,2H3,(H,32,39). The molecule has 2 amide bonds. The minimum absolute atomic E-state index is 0.0461. The van der Waals surface area contributed by atoms with Crippen molar-refractivity contribution in [1.82, 2.24) is 29.7 Å². The molecule has 4 aromatic rings. The van der Waals surface area contributed by atoms with Crippen molar-refractivity contribution in [3.8, 4) is 22.5 Å². The van der Waals surface area contributed by atoms with Gasteiger partial charge in [-0.25, -0.2) is 9.50 Å². The molecule has 39 heavy (non-hydrogen) atoms. The van der Waals surface area contributed by atoms with Gasteiger partial charge in [-0.15, -0.1) is 0 Å². The summed E-state index contributed by atoms with van der Waals surface area (Å²) >= 11 is 0. The molecule has 0 unspecified atom stereocenters. The molecule has 2 saturated heterocycles. The Morgan fingerprint density at radius 3 is 2.36 bits per heavy atom. The molecule has 2 aliphatic rings. The van der Waals surface area contributed by atoms with Gasteiger partial charge in [-0.1, -0.05) is 61.2 Å². The van der Waals surface area contributed by atoms with Crippen LogP contribution in [0.4, 0.5) is 0 Å². The number of amides is 2. The van der Waals surface area contributed by atoms with Gasteiger partial charge in [0, 0.05) is 50.9 Å². The average Bonchev–Trinajstić information content (AvgIpc) is 3.35. The summed E-state index contributed by atoms with van der Waals surface area (Å²) in [6.07, 6.45) is 3.55. The fourth-order valence-corrected chi connectivity index (χ4v) is 5.93. The van der Waals surface area contributed by atoms with E-state index in [9.17, 15) is 9.59 Å². The third-order valence-corrected chi connectivity index (χ3v) is 8.05. The van der Waals surface area contributed by atoms with Crippen LogP contribution in [-0.2, 0) is 11.3 Å². The Kier molecular flexibility index (Phi) is 6.48. The highest BCUT2D eigenvalue weighted by Crippen LogP contribution is 2.41. The summed E-state index contributed by atoms with van der Waals surface area (Å²) in [5, 5.41) is 7.26. The quantitative estimate of drug-likeness (QED) is 0.388. The lowest BCUT2D eigenvalue weighted by atomic mass is 9.72. The maximum absolute atomic E-state index is 12.3. The van der Waals surface area contributed by atoms with Gasteiger partial charge < -0.3 is 10.2 Å². The fraction of sp³-hybridized carbons (Fsp3) is 0.290. The molecule has 0 radical (unpaired) electrons. The molecule has 8 nitrogen and oxygen atoms in total. The van der Waals surface area contributed by atoms with Crippen molar-refractivity contribution >= 4 is 17.5 Å². The number of hydrogen-bond donors (Lipinski definition) is 1. The lowest BCUT2D eigenvalue weighted by molar-refractivity contribution is -0.131. The Morgan fingerprint density at radius 2 is 1.69 bits per heavy atom. The van der Waals surface area contributed by atoms with Crippen LogP contribution >= 0.6 is 0 Å². The Hall–Kier alpha value is -4.30. The number of carbonyl (C=O) groups is 2. The lowest BCUT2D eigenvalue weighted by Crippen LogP contribution is -2.60. The van der Waals surface area contributed by atoms with Crippen LogP contribution in [-0.4, -0.2) is 69.4 Å². The number of likely N-dealkylation sites (tertiary alicyclic amines) is 2. The summed E-state index contributed by atoms with van der Waals surface area (Å²) in [6.45, 7) is 8.33. The first-order valence-corrected chi connectivity index (χ1v) is 13.4. The van der Waals surface area contributed by atoms with Crippen molar-refractivity contribution in [2.45, 2.75) is 19.4 Å². The molecule has 2 aliphatic heterocycles. The zero-order chi connectivity index (χ0) is 27.0. The van der Waals surface area contributed by atoms with Gasteiger partial charge in [-0.05, 0) is 42.0 Å². The van der Waals surface area contributed by atoms with Gasteiger partial charge in [0.05, 0.1) is 5.69 Å². The number of aromatic nitrogens is 3. The van der Waals surface area contributed by atoms with Gasteiger partial charge >= 0.3 is 0 Å². The summed E-state index contributed by atoms with van der Waals surface area (Å²) in [6, 6.07) is 22.2. The number of nitrogens with one attached hydrogen (secondary N) is 1. The van der Waals surface area contributed by atoms with Crippen molar-refractivity contribution in [2.24, 2.45) is 5.41 Å². The van der Waals surface area contributed by atoms with Crippen LogP contribution in [0.5, 0.6) is 0 Å². The van der Waals surface area contributed by atoms with Crippen molar-refractivity contribution in [3.63, 3.8) is 0 Å². The van der Waals surface area contributed by atoms with E-state index in [1.54, 1.807) is 17.6 Å². The van der Waals surface area contributed by atoms with Crippen LogP contribution < -0.4 is 5.32 Å². The van der Waals surface area contributed by atoms with E-state index in [4.69, 9.17) is 4.98 Å². The van der Waals surface area contributed by atoms with E-state index in [-0.39, 0.29) is 11.8 Å². The van der Waals surface area contributed by atoms with E-state index in [0.717, 1.165) is 68.1 Å². The number of fused-ring (bicyclic) bond motifs is 1. The van der Waals surface area contributed by atoms with Crippen LogP contribution in [0.3, 0.4) is 0 Å². The van der Waals surface area contributed by atoms with E-state index < -0.39 is 0 Å². The molecule has 2 fully saturated rings. The molecule has 198 valence electrons. The second kappa shape index (κ2) is 10.1. The first-order valence-electron chi connectivity index (χ1n) is 13.4. The minimum Gasteiger partial charge on any atom is -0.354 e. The van der Waals surface area contributed by atoms with E-state index in [1.807, 2.05) is 41.3 Å². The van der Waals surface area contributed by atoms with Crippen molar-refractivity contribution in [2.75, 3.05) is 33.2 Å². The highest BCUT2D eigenvalue weighted by molar-refractivity contribution is 5.92. The number of rotatable bonds is 6. The summed E-state index contributed by atoms with van der Waals surface area (Å²) in [7, 11) is 1.60. The first kappa shape index (κ1) is 25.0. The first-order chi connectivity index (χ1) is 19.0. The summed E-state index contributed by atoms with van der Waals surface area (Å²) < 4.78 is 1.76. The second-order valence-electron chi connectivity index (χ2n) is 10.6. The summed E-state index contributed by atoms with van der Waals surface area (Å²) in [5.41, 5.74) is 6.31. The highest BCUT2D eigenvalue weighted by Gasteiger charge is 2.44. The van der Waals surface area contributed by atoms with Gasteiger partial charge in [-0.2, -0.15) is 5.10 Å². The molecule has 0 aliphatic carbocycles. The Bertz CT molecular complexity index is 1530. The lowest BCUT2D eigenvalue weighted by Gasteiger charge is -2.54. The zero-order valence-corrected chi connectivity index (χ0v) is 22.1. The molecule has 1 N–H and O–H groups in total. The van der Waals surface area contributed by atoms with Crippen molar-refractivity contribution in [3.05, 3.63) is 90.6 Å². The SMILES string of the molecule is C=CC(=O)N1CCC2(CC1)CN(Cc1ccc(-c3nc4ccc(C(=O)NC)nn4c3-c3ccccc3)cc1)C2. The van der Waals surface area contributed by atoms with Crippen LogP contribution in [0.1, 0.15) is 28.9 Å². The Balaban J connectivity index is 1.21. The third kappa shape index (κ3) is 4.72. The molecule has 2 aromatic heterocycles. The molecule has 6 rings (SSSR count). The number of piperidine rings is 1. The van der Waals surface area contributed by atoms with Crippen LogP contribution in [0.15, 0.2) is 79.4 Å². The monoisotopic (exact) mass is 520 g/mol. The van der Waals surface area contributed by atoms with Crippen LogP contribution in [0, 0.1) is 5.41 Å². The topological polar surface area (TPSA) is 82.8 Å². The second-order valence-corrected chi connectivity index (χ2v) is 10.6. The molecule has 0 atom stereocenters. The highest BCUT2D eigenvalue weighted by atomic mass is 16.2. The molecule has 1 spiro atoms. The minimum atomic E-state index is -0.237. The number of nitrogens with zero attached hydrogens (tertiary/aromatic N) is 5. The Labute approximate surface area is 228 Å². The smallest absolute Gasteiger partial charge is 0.271 e. The number of hydrogen-bond acceptors (Lipinski definition) is 5. The molecule has 0 bridgehead atoms. The van der Waals surface area contributed by atoms with Crippen molar-refractivity contribution in [1.29, 1.82) is 0 Å². The predicted molar refractivity (Wildman–Crippen MR) is 151 cm³/mol. The number of benzene rings is 2. The maximum atomic E-state index is 12.3. The third-order valence-electron chi connectivity index (χ3n) is 8.05. The molecule has 4 heterocycles. The van der Waals surface area contributed by atoms with Gasteiger partial charge in [-0.3, -0.25) is 14.5 Å². The van der Waals surface area contributed by atoms with Crippen molar-refractivity contribution < 1.29 is 9.59 Å². The van der Waals surface area contributed by atoms with Gasteiger partial charge in [0.15, 0.2) is 5.65 Å². The molecule has 0 saturated carbocycles. The van der Waals surface area contributed by atoms with Crippen LogP contribution in [0.2, 0.25) is 0 Å². The largest absolute Gasteiger partial charge is 0.354 e. The predicted octanol–water partition coefficient (Wildman–Crippen LogP) is 4.03.